The average Bonchev–Trinajstić information content (AvgIpc) is 3.47. The second kappa shape index (κ2) is 8.12. The van der Waals surface area contributed by atoms with Crippen LogP contribution in [-0.2, 0) is 6.54 Å². The van der Waals surface area contributed by atoms with E-state index < -0.39 is 0 Å². The summed E-state index contributed by atoms with van der Waals surface area (Å²) in [5, 5.41) is 11.0. The lowest BCUT2D eigenvalue weighted by Gasteiger charge is -2.26. The Bertz CT molecular complexity index is 1370. The summed E-state index contributed by atoms with van der Waals surface area (Å²) < 4.78 is 6.78. The zero-order chi connectivity index (χ0) is 22.2. The van der Waals surface area contributed by atoms with Crippen LogP contribution in [0.5, 0.6) is 5.75 Å². The van der Waals surface area contributed by atoms with Crippen LogP contribution in [-0.4, -0.2) is 50.7 Å². The van der Waals surface area contributed by atoms with Gasteiger partial charge < -0.3 is 19.7 Å². The fourth-order valence-corrected chi connectivity index (χ4v) is 4.54. The van der Waals surface area contributed by atoms with E-state index in [1.165, 1.54) is 4.57 Å². The third kappa shape index (κ3) is 3.33. The van der Waals surface area contributed by atoms with Gasteiger partial charge in [-0.2, -0.15) is 0 Å². The number of likely N-dealkylation sites (tertiary alicyclic amines) is 1. The van der Waals surface area contributed by atoms with Crippen molar-refractivity contribution in [3.05, 3.63) is 70.4 Å². The van der Waals surface area contributed by atoms with Crippen LogP contribution < -0.4 is 10.3 Å². The van der Waals surface area contributed by atoms with Gasteiger partial charge in [0.15, 0.2) is 0 Å². The van der Waals surface area contributed by atoms with E-state index >= 15 is 0 Å². The van der Waals surface area contributed by atoms with Crippen molar-refractivity contribution in [2.45, 2.75) is 25.4 Å². The Hall–Kier alpha value is -3.65. The number of nitrogens with one attached hydrogen (secondary N) is 1. The molecule has 0 bridgehead atoms. The van der Waals surface area contributed by atoms with Crippen LogP contribution in [0.1, 0.15) is 35.2 Å². The Morgan fingerprint density at radius 1 is 1.25 bits per heavy atom. The van der Waals surface area contributed by atoms with Crippen LogP contribution in [0.3, 0.4) is 0 Å². The molecule has 1 amide bonds. The number of aliphatic hydroxyl groups excluding tert-OH is 1. The number of aromatic amines is 1. The van der Waals surface area contributed by atoms with Crippen molar-refractivity contribution in [2.24, 2.45) is 0 Å². The molecule has 3 heterocycles. The Morgan fingerprint density at radius 2 is 2.09 bits per heavy atom. The molecule has 8 nitrogen and oxygen atoms in total. The highest BCUT2D eigenvalue weighted by Gasteiger charge is 2.34. The molecule has 4 aromatic rings. The van der Waals surface area contributed by atoms with E-state index in [9.17, 15) is 14.7 Å². The molecule has 164 valence electrons. The van der Waals surface area contributed by atoms with Gasteiger partial charge in [0.05, 0.1) is 37.2 Å². The molecule has 2 N–H and O–H groups in total. The van der Waals surface area contributed by atoms with E-state index in [0.717, 1.165) is 17.3 Å². The summed E-state index contributed by atoms with van der Waals surface area (Å²) in [6.45, 7) is 0.526. The lowest BCUT2D eigenvalue weighted by Crippen LogP contribution is -2.36. The summed E-state index contributed by atoms with van der Waals surface area (Å²) in [6, 6.07) is 14.3. The van der Waals surface area contributed by atoms with Gasteiger partial charge in [-0.05, 0) is 43.2 Å². The predicted molar refractivity (Wildman–Crippen MR) is 121 cm³/mol. The van der Waals surface area contributed by atoms with Crippen LogP contribution >= 0.6 is 0 Å². The van der Waals surface area contributed by atoms with Crippen molar-refractivity contribution >= 4 is 27.7 Å². The molecular formula is C24H24N4O4. The Labute approximate surface area is 184 Å². The number of ether oxygens (including phenoxy) is 1. The number of carbonyl (C=O) groups is 1. The zero-order valence-corrected chi connectivity index (χ0v) is 17.7. The molecule has 0 aliphatic carbocycles. The predicted octanol–water partition coefficient (Wildman–Crippen LogP) is 2.86. The number of para-hydroxylation sites is 1. The maximum absolute atomic E-state index is 13.5. The van der Waals surface area contributed by atoms with E-state index in [0.29, 0.717) is 41.1 Å². The van der Waals surface area contributed by atoms with Crippen molar-refractivity contribution in [2.75, 3.05) is 20.3 Å². The molecule has 8 heteroatoms. The molecule has 0 radical (unpaired) electrons. The lowest BCUT2D eigenvalue weighted by atomic mass is 10.1. The molecule has 1 unspecified atom stereocenters. The lowest BCUT2D eigenvalue weighted by molar-refractivity contribution is 0.0721. The highest BCUT2D eigenvalue weighted by atomic mass is 16.5. The maximum Gasteiger partial charge on any atom is 0.270 e. The number of fused-ring (bicyclic) bond motifs is 2. The molecule has 1 aliphatic heterocycles. The van der Waals surface area contributed by atoms with Crippen molar-refractivity contribution < 1.29 is 14.6 Å². The summed E-state index contributed by atoms with van der Waals surface area (Å²) >= 11 is 0. The summed E-state index contributed by atoms with van der Waals surface area (Å²) in [6.07, 6.45) is 1.52. The Morgan fingerprint density at radius 3 is 2.91 bits per heavy atom. The third-order valence-electron chi connectivity index (χ3n) is 6.09. The van der Waals surface area contributed by atoms with Crippen LogP contribution in [0.4, 0.5) is 0 Å². The standard InChI is InChI=1S/C24H24N4O4/c1-32-16-9-8-15-13-20(25-19(15)14-16)24(31)27-10-4-7-21(27)22-26-18-6-3-2-5-17(18)23(30)28(22)11-12-29/h2-3,5-6,8-9,13-14,21,25,29H,4,7,10-12H2,1H3. The number of hydrogen-bond donors (Lipinski definition) is 2. The van der Waals surface area contributed by atoms with Gasteiger partial charge in [0.2, 0.25) is 0 Å². The number of hydrogen-bond acceptors (Lipinski definition) is 5. The van der Waals surface area contributed by atoms with Crippen molar-refractivity contribution in [3.63, 3.8) is 0 Å². The molecule has 32 heavy (non-hydrogen) atoms. The van der Waals surface area contributed by atoms with E-state index in [1.54, 1.807) is 30.2 Å². The van der Waals surface area contributed by atoms with E-state index in [1.807, 2.05) is 30.3 Å². The number of H-pyrrole nitrogens is 1. The zero-order valence-electron chi connectivity index (χ0n) is 17.7. The molecule has 1 fully saturated rings. The molecule has 1 aliphatic rings. The minimum Gasteiger partial charge on any atom is -0.497 e. The van der Waals surface area contributed by atoms with Crippen LogP contribution in [0, 0.1) is 0 Å². The summed E-state index contributed by atoms with van der Waals surface area (Å²) in [5.41, 5.74) is 1.71. The van der Waals surface area contributed by atoms with Gasteiger partial charge in [-0.1, -0.05) is 12.1 Å². The first-order valence-electron chi connectivity index (χ1n) is 10.7. The smallest absolute Gasteiger partial charge is 0.270 e. The van der Waals surface area contributed by atoms with Gasteiger partial charge in [-0.3, -0.25) is 14.2 Å². The number of methoxy groups -OCH3 is 1. The highest BCUT2D eigenvalue weighted by Crippen LogP contribution is 2.33. The Balaban J connectivity index is 1.56. The number of aliphatic hydroxyl groups is 1. The van der Waals surface area contributed by atoms with Gasteiger partial charge in [-0.15, -0.1) is 0 Å². The molecule has 1 atom stereocenters. The minimum absolute atomic E-state index is 0.136. The van der Waals surface area contributed by atoms with Crippen molar-refractivity contribution in [3.8, 4) is 5.75 Å². The molecule has 1 saturated heterocycles. The van der Waals surface area contributed by atoms with Gasteiger partial charge in [0.25, 0.3) is 11.5 Å². The van der Waals surface area contributed by atoms with Gasteiger partial charge in [0, 0.05) is 23.5 Å². The van der Waals surface area contributed by atoms with E-state index in [4.69, 9.17) is 9.72 Å². The first kappa shape index (κ1) is 20.3. The number of carbonyl (C=O) groups excluding carboxylic acids is 1. The fraction of sp³-hybridized carbons (Fsp3) is 0.292. The third-order valence-corrected chi connectivity index (χ3v) is 6.09. The minimum atomic E-state index is -0.340. The van der Waals surface area contributed by atoms with Gasteiger partial charge >= 0.3 is 0 Å². The molecular weight excluding hydrogens is 408 g/mol. The number of amides is 1. The first-order valence-corrected chi connectivity index (χ1v) is 10.7. The summed E-state index contributed by atoms with van der Waals surface area (Å²) in [4.78, 5) is 36.3. The van der Waals surface area contributed by atoms with E-state index in [2.05, 4.69) is 4.98 Å². The Kier molecular flexibility index (Phi) is 5.14. The van der Waals surface area contributed by atoms with Crippen molar-refractivity contribution in [1.82, 2.24) is 19.4 Å². The van der Waals surface area contributed by atoms with Crippen molar-refractivity contribution in [1.29, 1.82) is 0 Å². The monoisotopic (exact) mass is 432 g/mol. The molecule has 2 aromatic heterocycles. The summed E-state index contributed by atoms with van der Waals surface area (Å²) in [7, 11) is 1.60. The van der Waals surface area contributed by atoms with Crippen LogP contribution in [0.2, 0.25) is 0 Å². The number of nitrogens with zero attached hydrogens (tertiary/aromatic N) is 3. The summed E-state index contributed by atoms with van der Waals surface area (Å²) in [5.74, 6) is 1.10. The van der Waals surface area contributed by atoms with Crippen LogP contribution in [0.25, 0.3) is 21.8 Å². The molecule has 0 saturated carbocycles. The van der Waals surface area contributed by atoms with E-state index in [-0.39, 0.29) is 30.7 Å². The second-order valence-corrected chi connectivity index (χ2v) is 7.96. The maximum atomic E-state index is 13.5. The van der Waals surface area contributed by atoms with Gasteiger partial charge in [-0.25, -0.2) is 4.98 Å². The normalized spacial score (nSPS) is 16.2. The largest absolute Gasteiger partial charge is 0.497 e. The number of benzene rings is 2. The molecule has 2 aromatic carbocycles. The quantitative estimate of drug-likeness (QED) is 0.505. The molecule has 5 rings (SSSR count). The highest BCUT2D eigenvalue weighted by molar-refractivity contribution is 5.98. The number of aromatic nitrogens is 3. The molecule has 0 spiro atoms. The SMILES string of the molecule is COc1ccc2cc(C(=O)N3CCCC3c3nc4ccccc4c(=O)n3CCO)[nH]c2c1. The number of rotatable bonds is 5. The average molecular weight is 432 g/mol. The van der Waals surface area contributed by atoms with Gasteiger partial charge in [0.1, 0.15) is 17.3 Å². The fourth-order valence-electron chi connectivity index (χ4n) is 4.54. The first-order chi connectivity index (χ1) is 15.6. The van der Waals surface area contributed by atoms with Crippen LogP contribution in [0.15, 0.2) is 53.3 Å². The topological polar surface area (TPSA) is 100 Å². The second-order valence-electron chi connectivity index (χ2n) is 7.96.